The van der Waals surface area contributed by atoms with Gasteiger partial charge in [-0.2, -0.15) is 0 Å². The molecule has 0 aromatic heterocycles. The van der Waals surface area contributed by atoms with Gasteiger partial charge in [0.05, 0.1) is 11.5 Å². The van der Waals surface area contributed by atoms with E-state index < -0.39 is 11.4 Å². The fourth-order valence-electron chi connectivity index (χ4n) is 2.17. The van der Waals surface area contributed by atoms with Crippen LogP contribution in [-0.4, -0.2) is 54.9 Å². The molecule has 1 saturated carbocycles. The van der Waals surface area contributed by atoms with Gasteiger partial charge in [-0.1, -0.05) is 0 Å². The van der Waals surface area contributed by atoms with Crippen molar-refractivity contribution in [1.29, 1.82) is 0 Å². The monoisotopic (exact) mass is 256 g/mol. The molecule has 1 aliphatic heterocycles. The number of nitrogens with one attached hydrogen (secondary N) is 1. The molecule has 1 heterocycles. The number of carbonyl (C=O) groups excluding carboxylic acids is 1. The van der Waals surface area contributed by atoms with Gasteiger partial charge >= 0.3 is 12.0 Å². The molecule has 2 fully saturated rings. The summed E-state index contributed by atoms with van der Waals surface area (Å²) < 4.78 is 5.45. The molecule has 1 unspecified atom stereocenters. The molecule has 0 bridgehead atoms. The maximum atomic E-state index is 11.8. The fourth-order valence-corrected chi connectivity index (χ4v) is 2.17. The SMILES string of the molecule is CN(CC1CCCO1)C(=O)NCC1(C(=O)O)CC1. The molecule has 0 radical (unpaired) electrons. The van der Waals surface area contributed by atoms with Crippen LogP contribution in [0.15, 0.2) is 0 Å². The Kier molecular flexibility index (Phi) is 3.75. The highest BCUT2D eigenvalue weighted by Gasteiger charge is 2.50. The van der Waals surface area contributed by atoms with Gasteiger partial charge in [0.15, 0.2) is 0 Å². The van der Waals surface area contributed by atoms with Crippen molar-refractivity contribution in [3.05, 3.63) is 0 Å². The van der Waals surface area contributed by atoms with Gasteiger partial charge in [-0.25, -0.2) is 4.79 Å². The summed E-state index contributed by atoms with van der Waals surface area (Å²) in [6.45, 7) is 1.55. The number of ether oxygens (including phenoxy) is 1. The van der Waals surface area contributed by atoms with Crippen LogP contribution in [0.1, 0.15) is 25.7 Å². The summed E-state index contributed by atoms with van der Waals surface area (Å²) in [5.41, 5.74) is -0.708. The van der Waals surface area contributed by atoms with Crippen LogP contribution in [0.5, 0.6) is 0 Å². The van der Waals surface area contributed by atoms with Crippen LogP contribution in [0.25, 0.3) is 0 Å². The Bertz CT molecular complexity index is 335. The quantitative estimate of drug-likeness (QED) is 0.758. The Balaban J connectivity index is 1.72. The summed E-state index contributed by atoms with van der Waals surface area (Å²) in [6.07, 6.45) is 3.45. The van der Waals surface area contributed by atoms with Crippen LogP contribution in [-0.2, 0) is 9.53 Å². The van der Waals surface area contributed by atoms with E-state index in [0.29, 0.717) is 19.4 Å². The Morgan fingerprint density at radius 1 is 1.50 bits per heavy atom. The van der Waals surface area contributed by atoms with Gasteiger partial charge in [-0.3, -0.25) is 4.79 Å². The molecule has 0 aromatic rings. The number of rotatable bonds is 5. The molecule has 18 heavy (non-hydrogen) atoms. The third-order valence-corrected chi connectivity index (χ3v) is 3.73. The van der Waals surface area contributed by atoms with Crippen LogP contribution in [0.4, 0.5) is 4.79 Å². The van der Waals surface area contributed by atoms with E-state index in [4.69, 9.17) is 9.84 Å². The second-order valence-corrected chi connectivity index (χ2v) is 5.26. The lowest BCUT2D eigenvalue weighted by Crippen LogP contribution is -2.44. The first-order chi connectivity index (χ1) is 8.53. The van der Waals surface area contributed by atoms with Crippen LogP contribution in [0.2, 0.25) is 0 Å². The zero-order valence-electron chi connectivity index (χ0n) is 10.6. The number of nitrogens with zero attached hydrogens (tertiary/aromatic N) is 1. The minimum absolute atomic E-state index is 0.120. The maximum absolute atomic E-state index is 11.8. The largest absolute Gasteiger partial charge is 0.481 e. The molecule has 6 heteroatoms. The van der Waals surface area contributed by atoms with E-state index in [1.54, 1.807) is 11.9 Å². The lowest BCUT2D eigenvalue weighted by atomic mass is 10.1. The predicted molar refractivity (Wildman–Crippen MR) is 64.3 cm³/mol. The number of carboxylic acids is 1. The van der Waals surface area contributed by atoms with Crippen molar-refractivity contribution in [2.75, 3.05) is 26.7 Å². The second kappa shape index (κ2) is 5.14. The molecule has 6 nitrogen and oxygen atoms in total. The lowest BCUT2D eigenvalue weighted by molar-refractivity contribution is -0.143. The normalized spacial score (nSPS) is 24.6. The number of urea groups is 1. The van der Waals surface area contributed by atoms with Gasteiger partial charge in [-0.05, 0) is 25.7 Å². The summed E-state index contributed by atoms with van der Waals surface area (Å²) >= 11 is 0. The first kappa shape index (κ1) is 13.1. The van der Waals surface area contributed by atoms with Gasteiger partial charge in [0.25, 0.3) is 0 Å². The minimum Gasteiger partial charge on any atom is -0.481 e. The van der Waals surface area contributed by atoms with E-state index in [2.05, 4.69) is 5.32 Å². The lowest BCUT2D eigenvalue weighted by Gasteiger charge is -2.22. The average molecular weight is 256 g/mol. The van der Waals surface area contributed by atoms with E-state index in [0.717, 1.165) is 19.4 Å². The highest BCUT2D eigenvalue weighted by atomic mass is 16.5. The van der Waals surface area contributed by atoms with Crippen LogP contribution < -0.4 is 5.32 Å². The zero-order valence-corrected chi connectivity index (χ0v) is 10.6. The molecule has 2 amide bonds. The average Bonchev–Trinajstić information content (AvgIpc) is 2.97. The third kappa shape index (κ3) is 2.93. The van der Waals surface area contributed by atoms with Gasteiger partial charge in [-0.15, -0.1) is 0 Å². The van der Waals surface area contributed by atoms with Crippen LogP contribution >= 0.6 is 0 Å². The number of aliphatic carboxylic acids is 1. The van der Waals surface area contributed by atoms with E-state index in [1.807, 2.05) is 0 Å². The molecule has 0 aromatic carbocycles. The number of hydrogen-bond acceptors (Lipinski definition) is 3. The van der Waals surface area contributed by atoms with E-state index in [1.165, 1.54) is 0 Å². The number of carboxylic acid groups (broad SMARTS) is 1. The first-order valence-electron chi connectivity index (χ1n) is 6.37. The summed E-state index contributed by atoms with van der Waals surface area (Å²) in [5, 5.41) is 11.7. The topological polar surface area (TPSA) is 78.9 Å². The van der Waals surface area contributed by atoms with Crippen molar-refractivity contribution in [3.8, 4) is 0 Å². The number of carbonyl (C=O) groups is 2. The smallest absolute Gasteiger partial charge is 0.317 e. The Hall–Kier alpha value is -1.30. The molecule has 0 spiro atoms. The zero-order chi connectivity index (χ0) is 13.2. The van der Waals surface area contributed by atoms with Crippen molar-refractivity contribution in [1.82, 2.24) is 10.2 Å². The number of hydrogen-bond donors (Lipinski definition) is 2. The Labute approximate surface area is 106 Å². The highest BCUT2D eigenvalue weighted by molar-refractivity contribution is 5.80. The predicted octanol–water partition coefficient (Wildman–Crippen LogP) is 0.672. The summed E-state index contributed by atoms with van der Waals surface area (Å²) in [5.74, 6) is -0.815. The molecule has 1 atom stereocenters. The fraction of sp³-hybridized carbons (Fsp3) is 0.833. The van der Waals surface area contributed by atoms with Crippen LogP contribution in [0, 0.1) is 5.41 Å². The molecule has 2 rings (SSSR count). The van der Waals surface area contributed by atoms with E-state index in [9.17, 15) is 9.59 Å². The van der Waals surface area contributed by atoms with E-state index >= 15 is 0 Å². The van der Waals surface area contributed by atoms with Crippen molar-refractivity contribution in [2.24, 2.45) is 5.41 Å². The van der Waals surface area contributed by atoms with Crippen molar-refractivity contribution < 1.29 is 19.4 Å². The maximum Gasteiger partial charge on any atom is 0.317 e. The van der Waals surface area contributed by atoms with Gasteiger partial charge in [0.2, 0.25) is 0 Å². The number of likely N-dealkylation sites (N-methyl/N-ethyl adjacent to an activating group) is 1. The third-order valence-electron chi connectivity index (χ3n) is 3.73. The summed E-state index contributed by atoms with van der Waals surface area (Å²) in [6, 6.07) is -0.224. The highest BCUT2D eigenvalue weighted by Crippen LogP contribution is 2.45. The van der Waals surface area contributed by atoms with Crippen LogP contribution in [0.3, 0.4) is 0 Å². The first-order valence-corrected chi connectivity index (χ1v) is 6.37. The van der Waals surface area contributed by atoms with Crippen molar-refractivity contribution in [3.63, 3.8) is 0 Å². The Morgan fingerprint density at radius 3 is 2.72 bits per heavy atom. The second-order valence-electron chi connectivity index (χ2n) is 5.26. The molecule has 102 valence electrons. The summed E-state index contributed by atoms with van der Waals surface area (Å²) in [4.78, 5) is 24.3. The molecule has 2 aliphatic rings. The minimum atomic E-state index is -0.815. The molecule has 1 aliphatic carbocycles. The molecule has 2 N–H and O–H groups in total. The number of amides is 2. The van der Waals surface area contributed by atoms with Crippen molar-refractivity contribution in [2.45, 2.75) is 31.8 Å². The molecular weight excluding hydrogens is 236 g/mol. The van der Waals surface area contributed by atoms with Crippen molar-refractivity contribution >= 4 is 12.0 Å². The standard InChI is InChI=1S/C12H20N2O4/c1-14(7-9-3-2-6-18-9)11(17)13-8-12(4-5-12)10(15)16/h9H,2-8H2,1H3,(H,13,17)(H,15,16). The van der Waals surface area contributed by atoms with Gasteiger partial charge < -0.3 is 20.1 Å². The summed E-state index contributed by atoms with van der Waals surface area (Å²) in [7, 11) is 1.71. The van der Waals surface area contributed by atoms with Gasteiger partial charge in [0.1, 0.15) is 0 Å². The van der Waals surface area contributed by atoms with Gasteiger partial charge in [0, 0.05) is 26.7 Å². The Morgan fingerprint density at radius 2 is 2.22 bits per heavy atom. The molecule has 1 saturated heterocycles. The molecular formula is C12H20N2O4. The van der Waals surface area contributed by atoms with E-state index in [-0.39, 0.29) is 18.7 Å².